The van der Waals surface area contributed by atoms with Crippen molar-refractivity contribution < 1.29 is 4.79 Å². The van der Waals surface area contributed by atoms with E-state index in [0.29, 0.717) is 5.95 Å². The number of aromatic amines is 1. The first-order valence-corrected chi connectivity index (χ1v) is 5.82. The Kier molecular flexibility index (Phi) is 2.38. The maximum absolute atomic E-state index is 11.7. The first kappa shape index (κ1) is 11.5. The van der Waals surface area contributed by atoms with Gasteiger partial charge in [0.1, 0.15) is 11.2 Å². The molecule has 6 nitrogen and oxygen atoms in total. The van der Waals surface area contributed by atoms with Crippen LogP contribution in [0.25, 0.3) is 22.1 Å². The Morgan fingerprint density at radius 1 is 1.58 bits per heavy atom. The van der Waals surface area contributed by atoms with Crippen LogP contribution in [0, 0.1) is 0 Å². The summed E-state index contributed by atoms with van der Waals surface area (Å²) in [6.07, 6.45) is 4.80. The number of fused-ring (bicyclic) bond motifs is 3. The number of nitrogens with zero attached hydrogens (tertiary/aromatic N) is 4. The molecular weight excluding hydrogens is 242 g/mol. The van der Waals surface area contributed by atoms with Crippen molar-refractivity contribution in [1.29, 1.82) is 0 Å². The van der Waals surface area contributed by atoms with Gasteiger partial charge >= 0.3 is 0 Å². The normalized spacial score (nSPS) is 11.1. The van der Waals surface area contributed by atoms with Gasteiger partial charge in [-0.1, -0.05) is 6.58 Å². The van der Waals surface area contributed by atoms with Gasteiger partial charge < -0.3 is 9.55 Å². The highest BCUT2D eigenvalue weighted by atomic mass is 16.2. The van der Waals surface area contributed by atoms with Crippen molar-refractivity contribution in [1.82, 2.24) is 19.5 Å². The molecule has 0 aliphatic rings. The number of rotatable bonds is 2. The number of aromatic nitrogens is 4. The summed E-state index contributed by atoms with van der Waals surface area (Å²) in [7, 11) is 3.55. The Balaban J connectivity index is 2.31. The number of nitrogens with one attached hydrogen (secondary N) is 1. The van der Waals surface area contributed by atoms with Crippen molar-refractivity contribution in [3.8, 4) is 0 Å². The van der Waals surface area contributed by atoms with E-state index in [4.69, 9.17) is 0 Å². The third kappa shape index (κ3) is 1.53. The zero-order chi connectivity index (χ0) is 13.6. The summed E-state index contributed by atoms with van der Waals surface area (Å²) in [5.74, 6) is 0.368. The Morgan fingerprint density at radius 2 is 2.37 bits per heavy atom. The van der Waals surface area contributed by atoms with Crippen molar-refractivity contribution in [2.45, 2.75) is 0 Å². The summed E-state index contributed by atoms with van der Waals surface area (Å²) in [4.78, 5) is 25.0. The highest BCUT2D eigenvalue weighted by molar-refractivity contribution is 6.05. The summed E-state index contributed by atoms with van der Waals surface area (Å²) in [6, 6.07) is 1.95. The molecule has 1 amide bonds. The molecule has 0 saturated carbocycles. The quantitative estimate of drug-likeness (QED) is 0.707. The van der Waals surface area contributed by atoms with Crippen molar-refractivity contribution in [3.63, 3.8) is 0 Å². The van der Waals surface area contributed by atoms with Gasteiger partial charge in [-0.05, 0) is 12.1 Å². The van der Waals surface area contributed by atoms with Crippen molar-refractivity contribution in [2.24, 2.45) is 7.05 Å². The average Bonchev–Trinajstić information content (AvgIpc) is 3.01. The maximum Gasteiger partial charge on any atom is 0.252 e. The molecule has 3 aromatic heterocycles. The number of likely N-dealkylation sites (N-methyl/N-ethyl adjacent to an activating group) is 1. The van der Waals surface area contributed by atoms with E-state index in [0.717, 1.165) is 22.1 Å². The zero-order valence-corrected chi connectivity index (χ0v) is 10.7. The predicted octanol–water partition coefficient (Wildman–Crippen LogP) is 1.60. The first-order chi connectivity index (χ1) is 9.13. The van der Waals surface area contributed by atoms with Crippen LogP contribution in [0.5, 0.6) is 0 Å². The van der Waals surface area contributed by atoms with E-state index in [-0.39, 0.29) is 5.91 Å². The summed E-state index contributed by atoms with van der Waals surface area (Å²) < 4.78 is 1.88. The lowest BCUT2D eigenvalue weighted by Crippen LogP contribution is -2.26. The number of hydrogen-bond donors (Lipinski definition) is 1. The van der Waals surface area contributed by atoms with Gasteiger partial charge in [-0.25, -0.2) is 9.97 Å². The Morgan fingerprint density at radius 3 is 3.11 bits per heavy atom. The van der Waals surface area contributed by atoms with E-state index in [9.17, 15) is 4.79 Å². The summed E-state index contributed by atoms with van der Waals surface area (Å²) >= 11 is 0. The van der Waals surface area contributed by atoms with Crippen LogP contribution < -0.4 is 4.90 Å². The molecule has 0 saturated heterocycles. The Bertz CT molecular complexity index is 798. The van der Waals surface area contributed by atoms with Crippen LogP contribution in [0.3, 0.4) is 0 Å². The smallest absolute Gasteiger partial charge is 0.252 e. The molecule has 0 unspecified atom stereocenters. The first-order valence-electron chi connectivity index (χ1n) is 5.82. The molecule has 3 heterocycles. The minimum atomic E-state index is -0.198. The minimum Gasteiger partial charge on any atom is -0.346 e. The van der Waals surface area contributed by atoms with E-state index < -0.39 is 0 Å². The predicted molar refractivity (Wildman–Crippen MR) is 74.0 cm³/mol. The summed E-state index contributed by atoms with van der Waals surface area (Å²) in [5, 5.41) is 0.984. The van der Waals surface area contributed by atoms with Crippen LogP contribution in [-0.4, -0.2) is 32.5 Å². The molecule has 1 N–H and O–H groups in total. The number of imidazole rings is 1. The zero-order valence-electron chi connectivity index (χ0n) is 10.7. The molecule has 0 radical (unpaired) electrons. The number of carbonyl (C=O) groups is 1. The molecule has 6 heteroatoms. The van der Waals surface area contributed by atoms with E-state index in [2.05, 4.69) is 21.5 Å². The Labute approximate surface area is 109 Å². The van der Waals surface area contributed by atoms with Gasteiger partial charge in [-0.3, -0.25) is 9.69 Å². The third-order valence-corrected chi connectivity index (χ3v) is 3.20. The Hall–Kier alpha value is -2.63. The van der Waals surface area contributed by atoms with E-state index in [1.54, 1.807) is 13.2 Å². The van der Waals surface area contributed by atoms with E-state index >= 15 is 0 Å². The second-order valence-electron chi connectivity index (χ2n) is 4.30. The van der Waals surface area contributed by atoms with Crippen LogP contribution in [0.2, 0.25) is 0 Å². The lowest BCUT2D eigenvalue weighted by molar-refractivity contribution is -0.114. The highest BCUT2D eigenvalue weighted by Gasteiger charge is 2.17. The number of hydrogen-bond acceptors (Lipinski definition) is 3. The van der Waals surface area contributed by atoms with Crippen molar-refractivity contribution in [3.05, 3.63) is 31.1 Å². The standard InChI is InChI=1S/C13H13N5O/c1-4-10(19)17(2)13-16-9-7-15-12-8(5-6-14-12)11(9)18(13)3/h4-7H,1H2,2-3H3,(H,14,15). The number of amides is 1. The lowest BCUT2D eigenvalue weighted by atomic mass is 10.3. The molecule has 0 aliphatic carbocycles. The molecule has 0 aliphatic heterocycles. The number of pyridine rings is 1. The number of carbonyl (C=O) groups excluding carboxylic acids is 1. The molecule has 19 heavy (non-hydrogen) atoms. The molecular formula is C13H13N5O. The lowest BCUT2D eigenvalue weighted by Gasteiger charge is -2.13. The second kappa shape index (κ2) is 3.94. The second-order valence-corrected chi connectivity index (χ2v) is 4.30. The summed E-state index contributed by atoms with van der Waals surface area (Å²) in [6.45, 7) is 3.49. The fourth-order valence-electron chi connectivity index (χ4n) is 2.24. The SMILES string of the molecule is C=CC(=O)N(C)c1nc2cnc3[nH]ccc3c2n1C. The molecule has 0 fully saturated rings. The minimum absolute atomic E-state index is 0.198. The van der Waals surface area contributed by atoms with Gasteiger partial charge in [-0.2, -0.15) is 0 Å². The molecule has 0 spiro atoms. The van der Waals surface area contributed by atoms with Crippen LogP contribution in [0.1, 0.15) is 0 Å². The monoisotopic (exact) mass is 255 g/mol. The van der Waals surface area contributed by atoms with E-state index in [1.165, 1.54) is 11.0 Å². The van der Waals surface area contributed by atoms with Gasteiger partial charge in [0.15, 0.2) is 0 Å². The summed E-state index contributed by atoms with van der Waals surface area (Å²) in [5.41, 5.74) is 2.51. The molecule has 3 aromatic rings. The fraction of sp³-hybridized carbons (Fsp3) is 0.154. The van der Waals surface area contributed by atoms with Gasteiger partial charge in [-0.15, -0.1) is 0 Å². The number of aryl methyl sites for hydroxylation is 1. The molecule has 3 rings (SSSR count). The number of anilines is 1. The number of H-pyrrole nitrogens is 1. The average molecular weight is 255 g/mol. The van der Waals surface area contributed by atoms with Gasteiger partial charge in [0.25, 0.3) is 5.91 Å². The van der Waals surface area contributed by atoms with Crippen LogP contribution in [-0.2, 0) is 11.8 Å². The molecule has 0 aromatic carbocycles. The van der Waals surface area contributed by atoms with E-state index in [1.807, 2.05) is 23.9 Å². The van der Waals surface area contributed by atoms with Gasteiger partial charge in [0, 0.05) is 25.7 Å². The van der Waals surface area contributed by atoms with Gasteiger partial charge in [0.2, 0.25) is 5.95 Å². The highest BCUT2D eigenvalue weighted by Crippen LogP contribution is 2.26. The van der Waals surface area contributed by atoms with Crippen LogP contribution >= 0.6 is 0 Å². The van der Waals surface area contributed by atoms with Gasteiger partial charge in [0.05, 0.1) is 11.7 Å². The largest absolute Gasteiger partial charge is 0.346 e. The molecule has 0 bridgehead atoms. The molecule has 0 atom stereocenters. The topological polar surface area (TPSA) is 66.8 Å². The van der Waals surface area contributed by atoms with Crippen molar-refractivity contribution in [2.75, 3.05) is 11.9 Å². The van der Waals surface area contributed by atoms with Crippen molar-refractivity contribution >= 4 is 33.9 Å². The van der Waals surface area contributed by atoms with Crippen LogP contribution in [0.15, 0.2) is 31.1 Å². The fourth-order valence-corrected chi connectivity index (χ4v) is 2.24. The van der Waals surface area contributed by atoms with Crippen LogP contribution in [0.4, 0.5) is 5.95 Å². The maximum atomic E-state index is 11.7. The third-order valence-electron chi connectivity index (χ3n) is 3.20. The molecule has 96 valence electrons.